The van der Waals surface area contributed by atoms with Crippen molar-refractivity contribution in [2.75, 3.05) is 7.05 Å². The Morgan fingerprint density at radius 2 is 2.26 bits per heavy atom. The number of carbonyl (C=O) groups is 3. The first-order valence-corrected chi connectivity index (χ1v) is 6.58. The van der Waals surface area contributed by atoms with E-state index in [2.05, 4.69) is 5.32 Å². The second-order valence-corrected chi connectivity index (χ2v) is 5.68. The molecule has 1 aromatic rings. The topological polar surface area (TPSA) is 86.7 Å². The van der Waals surface area contributed by atoms with E-state index < -0.39 is 12.0 Å². The third-order valence-electron chi connectivity index (χ3n) is 3.15. The van der Waals surface area contributed by atoms with Crippen molar-refractivity contribution in [3.8, 4) is 0 Å². The van der Waals surface area contributed by atoms with Crippen LogP contribution in [-0.4, -0.2) is 40.9 Å². The number of thiophene rings is 1. The van der Waals surface area contributed by atoms with E-state index in [1.807, 2.05) is 6.92 Å². The fourth-order valence-electron chi connectivity index (χ4n) is 1.95. The number of amides is 2. The highest BCUT2D eigenvalue weighted by Gasteiger charge is 2.35. The molecule has 7 heteroatoms. The lowest BCUT2D eigenvalue weighted by atomic mass is 10.2. The molecule has 1 unspecified atom stereocenters. The van der Waals surface area contributed by atoms with Gasteiger partial charge in [-0.25, -0.2) is 4.79 Å². The van der Waals surface area contributed by atoms with Crippen LogP contribution < -0.4 is 5.32 Å². The summed E-state index contributed by atoms with van der Waals surface area (Å²) in [5.74, 6) is -1.39. The molecule has 2 rings (SSSR count). The van der Waals surface area contributed by atoms with Crippen LogP contribution in [0.2, 0.25) is 0 Å². The molecule has 1 saturated heterocycles. The summed E-state index contributed by atoms with van der Waals surface area (Å²) in [6, 6.07) is 1.09. The number of likely N-dealkylation sites (N-methyl/N-ethyl adjacent to an activating group) is 1. The lowest BCUT2D eigenvalue weighted by molar-refractivity contribution is -0.137. The number of rotatable bonds is 4. The van der Waals surface area contributed by atoms with Gasteiger partial charge in [-0.05, 0) is 18.6 Å². The van der Waals surface area contributed by atoms with Gasteiger partial charge in [-0.15, -0.1) is 11.3 Å². The summed E-state index contributed by atoms with van der Waals surface area (Å²) >= 11 is 1.21. The van der Waals surface area contributed by atoms with Crippen LogP contribution in [0.1, 0.15) is 26.5 Å². The zero-order valence-corrected chi connectivity index (χ0v) is 11.4. The summed E-state index contributed by atoms with van der Waals surface area (Å²) in [7, 11) is 1.46. The number of aryl methyl sites for hydroxylation is 1. The Morgan fingerprint density at radius 3 is 2.74 bits per heavy atom. The van der Waals surface area contributed by atoms with Gasteiger partial charge >= 0.3 is 5.97 Å². The van der Waals surface area contributed by atoms with Crippen molar-refractivity contribution in [1.29, 1.82) is 0 Å². The van der Waals surface area contributed by atoms with Gasteiger partial charge in [-0.1, -0.05) is 0 Å². The SMILES string of the molecule is Cc1sc(C(=O)O)cc1CNC1CC(=O)N(C)C1=O. The summed E-state index contributed by atoms with van der Waals surface area (Å²) < 4.78 is 0. The minimum Gasteiger partial charge on any atom is -0.477 e. The van der Waals surface area contributed by atoms with Gasteiger partial charge < -0.3 is 10.4 Å². The van der Waals surface area contributed by atoms with Crippen molar-refractivity contribution in [2.45, 2.75) is 25.9 Å². The Hall–Kier alpha value is -1.73. The third kappa shape index (κ3) is 2.66. The fourth-order valence-corrected chi connectivity index (χ4v) is 2.83. The molecule has 102 valence electrons. The quantitative estimate of drug-likeness (QED) is 0.790. The van der Waals surface area contributed by atoms with Crippen LogP contribution in [0.15, 0.2) is 6.07 Å². The van der Waals surface area contributed by atoms with Crippen LogP contribution in [0.25, 0.3) is 0 Å². The molecule has 19 heavy (non-hydrogen) atoms. The molecule has 0 bridgehead atoms. The Labute approximate surface area is 114 Å². The number of nitrogens with one attached hydrogen (secondary N) is 1. The van der Waals surface area contributed by atoms with Gasteiger partial charge in [-0.2, -0.15) is 0 Å². The maximum absolute atomic E-state index is 11.7. The Bertz CT molecular complexity index is 552. The lowest BCUT2D eigenvalue weighted by Crippen LogP contribution is -2.36. The summed E-state index contributed by atoms with van der Waals surface area (Å²) in [6.07, 6.45) is 0.157. The van der Waals surface area contributed by atoms with E-state index in [4.69, 9.17) is 5.11 Å². The third-order valence-corrected chi connectivity index (χ3v) is 4.23. The molecule has 1 fully saturated rings. The predicted octanol–water partition coefficient (Wildman–Crippen LogP) is 0.602. The summed E-state index contributed by atoms with van der Waals surface area (Å²) in [4.78, 5) is 36.2. The van der Waals surface area contributed by atoms with E-state index in [0.717, 1.165) is 15.3 Å². The van der Waals surface area contributed by atoms with Gasteiger partial charge in [0.25, 0.3) is 0 Å². The van der Waals surface area contributed by atoms with Crippen molar-refractivity contribution in [3.05, 3.63) is 21.4 Å². The molecule has 1 atom stereocenters. The van der Waals surface area contributed by atoms with Crippen molar-refractivity contribution in [2.24, 2.45) is 0 Å². The van der Waals surface area contributed by atoms with Gasteiger partial charge in [0.05, 0.1) is 12.5 Å². The molecule has 0 saturated carbocycles. The van der Waals surface area contributed by atoms with E-state index in [0.29, 0.717) is 6.54 Å². The van der Waals surface area contributed by atoms with E-state index in [-0.39, 0.29) is 23.1 Å². The maximum atomic E-state index is 11.7. The average Bonchev–Trinajstić information content (AvgIpc) is 2.83. The number of hydrogen-bond acceptors (Lipinski definition) is 5. The maximum Gasteiger partial charge on any atom is 0.345 e. The van der Waals surface area contributed by atoms with Crippen LogP contribution in [0, 0.1) is 6.92 Å². The molecule has 2 amide bonds. The lowest BCUT2D eigenvalue weighted by Gasteiger charge is -2.10. The van der Waals surface area contributed by atoms with Crippen molar-refractivity contribution in [3.63, 3.8) is 0 Å². The number of hydrogen-bond donors (Lipinski definition) is 2. The second-order valence-electron chi connectivity index (χ2n) is 4.43. The molecule has 1 aromatic heterocycles. The van der Waals surface area contributed by atoms with Crippen molar-refractivity contribution in [1.82, 2.24) is 10.2 Å². The highest BCUT2D eigenvalue weighted by molar-refractivity contribution is 7.14. The zero-order valence-electron chi connectivity index (χ0n) is 10.6. The number of aromatic carboxylic acids is 1. The first-order valence-electron chi connectivity index (χ1n) is 5.76. The monoisotopic (exact) mass is 282 g/mol. The van der Waals surface area contributed by atoms with Crippen LogP contribution in [0.4, 0.5) is 0 Å². The number of carboxylic acids is 1. The molecule has 6 nitrogen and oxygen atoms in total. The molecule has 1 aliphatic rings. The molecule has 1 aliphatic heterocycles. The van der Waals surface area contributed by atoms with Crippen molar-refractivity contribution >= 4 is 29.1 Å². The predicted molar refractivity (Wildman–Crippen MR) is 69.0 cm³/mol. The van der Waals surface area contributed by atoms with Gasteiger partial charge in [0.15, 0.2) is 0 Å². The van der Waals surface area contributed by atoms with E-state index in [1.54, 1.807) is 6.07 Å². The first kappa shape index (κ1) is 13.7. The minimum absolute atomic E-state index is 0.157. The minimum atomic E-state index is -0.953. The smallest absolute Gasteiger partial charge is 0.345 e. The fraction of sp³-hybridized carbons (Fsp3) is 0.417. The van der Waals surface area contributed by atoms with Crippen LogP contribution in [0.5, 0.6) is 0 Å². The van der Waals surface area contributed by atoms with Crippen LogP contribution >= 0.6 is 11.3 Å². The number of imide groups is 1. The molecule has 2 N–H and O–H groups in total. The van der Waals surface area contributed by atoms with E-state index in [9.17, 15) is 14.4 Å². The highest BCUT2D eigenvalue weighted by atomic mass is 32.1. The largest absolute Gasteiger partial charge is 0.477 e. The molecule has 2 heterocycles. The number of carboxylic acid groups (broad SMARTS) is 1. The normalized spacial score (nSPS) is 19.3. The van der Waals surface area contributed by atoms with Gasteiger partial charge in [0.2, 0.25) is 11.8 Å². The summed E-state index contributed by atoms with van der Waals surface area (Å²) in [5, 5.41) is 11.9. The highest BCUT2D eigenvalue weighted by Crippen LogP contribution is 2.22. The zero-order chi connectivity index (χ0) is 14.2. The molecule has 0 aliphatic carbocycles. The first-order chi connectivity index (χ1) is 8.90. The van der Waals surface area contributed by atoms with Crippen LogP contribution in [0.3, 0.4) is 0 Å². The van der Waals surface area contributed by atoms with Gasteiger partial charge in [-0.3, -0.25) is 14.5 Å². The van der Waals surface area contributed by atoms with Crippen LogP contribution in [-0.2, 0) is 16.1 Å². The molecule has 0 aromatic carbocycles. The number of likely N-dealkylation sites (tertiary alicyclic amines) is 1. The molecule has 0 spiro atoms. The van der Waals surface area contributed by atoms with E-state index in [1.165, 1.54) is 18.4 Å². The molecular weight excluding hydrogens is 268 g/mol. The van der Waals surface area contributed by atoms with Gasteiger partial charge in [0, 0.05) is 18.5 Å². The number of carbonyl (C=O) groups excluding carboxylic acids is 2. The average molecular weight is 282 g/mol. The standard InChI is InChI=1S/C12H14N2O4S/c1-6-7(3-9(19-6)12(17)18)5-13-8-4-10(15)14(2)11(8)16/h3,8,13H,4-5H2,1-2H3,(H,17,18). The Kier molecular flexibility index (Phi) is 3.68. The summed E-state index contributed by atoms with van der Waals surface area (Å²) in [6.45, 7) is 2.22. The Morgan fingerprint density at radius 1 is 1.58 bits per heavy atom. The molecular formula is C12H14N2O4S. The summed E-state index contributed by atoms with van der Waals surface area (Å²) in [5.41, 5.74) is 0.845. The second kappa shape index (κ2) is 5.10. The Balaban J connectivity index is 2.02. The van der Waals surface area contributed by atoms with Crippen molar-refractivity contribution < 1.29 is 19.5 Å². The number of nitrogens with zero attached hydrogens (tertiary/aromatic N) is 1. The molecule has 0 radical (unpaired) electrons. The van der Waals surface area contributed by atoms with E-state index >= 15 is 0 Å². The van der Waals surface area contributed by atoms with Gasteiger partial charge in [0.1, 0.15) is 4.88 Å².